The van der Waals surface area contributed by atoms with E-state index in [4.69, 9.17) is 9.84 Å². The second-order valence-electron chi connectivity index (χ2n) is 10.8. The van der Waals surface area contributed by atoms with E-state index in [2.05, 4.69) is 20.9 Å². The molecule has 0 bridgehead atoms. The minimum atomic E-state index is -1.20. The summed E-state index contributed by atoms with van der Waals surface area (Å²) in [7, 11) is 1.32. The van der Waals surface area contributed by atoms with Crippen molar-refractivity contribution < 1.29 is 29.0 Å². The summed E-state index contributed by atoms with van der Waals surface area (Å²) in [5, 5.41) is 18.5. The van der Waals surface area contributed by atoms with Gasteiger partial charge in [-0.25, -0.2) is 14.6 Å². The molecule has 0 spiro atoms. The molecule has 1 saturated carbocycles. The number of amides is 5. The number of carbonyl (C=O) groups is 4. The average molecular weight is 615 g/mol. The molecular formula is C31H30N6O6S. The third-order valence-electron chi connectivity index (χ3n) is 7.73. The van der Waals surface area contributed by atoms with Crippen molar-refractivity contribution in [1.29, 1.82) is 0 Å². The van der Waals surface area contributed by atoms with E-state index in [1.54, 1.807) is 23.2 Å². The van der Waals surface area contributed by atoms with Crippen LogP contribution in [0.5, 0.6) is 11.5 Å². The van der Waals surface area contributed by atoms with Crippen molar-refractivity contribution in [3.63, 3.8) is 0 Å². The molecule has 1 aliphatic heterocycles. The number of carbonyl (C=O) groups excluding carboxylic acids is 3. The van der Waals surface area contributed by atoms with E-state index in [9.17, 15) is 19.2 Å². The van der Waals surface area contributed by atoms with Gasteiger partial charge < -0.3 is 30.7 Å². The number of hydrogen-bond acceptors (Lipinski definition) is 7. The summed E-state index contributed by atoms with van der Waals surface area (Å²) < 4.78 is 5.96. The van der Waals surface area contributed by atoms with E-state index in [0.29, 0.717) is 56.5 Å². The van der Waals surface area contributed by atoms with Gasteiger partial charge in [-0.15, -0.1) is 11.3 Å². The van der Waals surface area contributed by atoms with Gasteiger partial charge in [0.15, 0.2) is 0 Å². The molecule has 226 valence electrons. The van der Waals surface area contributed by atoms with E-state index in [0.717, 1.165) is 16.9 Å². The van der Waals surface area contributed by atoms with Gasteiger partial charge in [-0.05, 0) is 68.1 Å². The number of aromatic nitrogens is 1. The lowest BCUT2D eigenvalue weighted by atomic mass is 10.1. The summed E-state index contributed by atoms with van der Waals surface area (Å²) in [6.07, 6.45) is 2.50. The molecule has 0 radical (unpaired) electrons. The molecule has 1 aliphatic carbocycles. The van der Waals surface area contributed by atoms with Crippen molar-refractivity contribution >= 4 is 62.6 Å². The Morgan fingerprint density at radius 3 is 2.55 bits per heavy atom. The van der Waals surface area contributed by atoms with Crippen LogP contribution in [0.1, 0.15) is 34.5 Å². The normalized spacial score (nSPS) is 17.2. The number of hydrogen-bond donors (Lipinski definition) is 4. The molecule has 2 aliphatic rings. The Hall–Kier alpha value is -5.17. The van der Waals surface area contributed by atoms with E-state index in [-0.39, 0.29) is 24.5 Å². The monoisotopic (exact) mass is 614 g/mol. The van der Waals surface area contributed by atoms with Crippen molar-refractivity contribution in [2.75, 3.05) is 23.8 Å². The molecule has 2 atom stereocenters. The average Bonchev–Trinajstić information content (AvgIpc) is 3.59. The number of thiophene rings is 1. The third kappa shape index (κ3) is 5.61. The van der Waals surface area contributed by atoms with Crippen LogP contribution >= 0.6 is 11.3 Å². The molecule has 4 N–H and O–H groups in total. The predicted octanol–water partition coefficient (Wildman–Crippen LogP) is 5.46. The zero-order valence-corrected chi connectivity index (χ0v) is 24.8. The van der Waals surface area contributed by atoms with Crippen LogP contribution in [0.4, 0.5) is 26.7 Å². The maximum Gasteiger partial charge on any atom is 0.407 e. The first-order valence-electron chi connectivity index (χ1n) is 14.1. The number of aryl methyl sites for hydroxylation is 1. The van der Waals surface area contributed by atoms with Gasteiger partial charge in [0.25, 0.3) is 5.91 Å². The van der Waals surface area contributed by atoms with E-state index >= 15 is 0 Å². The summed E-state index contributed by atoms with van der Waals surface area (Å²) in [6.45, 7) is 1.60. The van der Waals surface area contributed by atoms with Gasteiger partial charge in [-0.2, -0.15) is 0 Å². The highest BCUT2D eigenvalue weighted by molar-refractivity contribution is 7.21. The third-order valence-corrected chi connectivity index (χ3v) is 8.82. The number of likely N-dealkylation sites (N-methyl/N-ethyl adjacent to an activating group) is 1. The number of benzene rings is 2. The van der Waals surface area contributed by atoms with Gasteiger partial charge in [0.1, 0.15) is 27.8 Å². The van der Waals surface area contributed by atoms with Gasteiger partial charge in [0.05, 0.1) is 22.4 Å². The molecular weight excluding hydrogens is 584 g/mol. The number of pyridine rings is 1. The lowest BCUT2D eigenvalue weighted by Crippen LogP contribution is -2.50. The van der Waals surface area contributed by atoms with Crippen LogP contribution in [-0.4, -0.2) is 64.6 Å². The molecule has 0 saturated heterocycles. The number of anilines is 3. The van der Waals surface area contributed by atoms with Crippen molar-refractivity contribution in [3.8, 4) is 11.5 Å². The predicted molar refractivity (Wildman–Crippen MR) is 166 cm³/mol. The van der Waals surface area contributed by atoms with Gasteiger partial charge in [-0.1, -0.05) is 18.2 Å². The molecule has 44 heavy (non-hydrogen) atoms. The largest absolute Gasteiger partial charge is 0.465 e. The minimum absolute atomic E-state index is 0.299. The molecule has 1 fully saturated rings. The van der Waals surface area contributed by atoms with Crippen molar-refractivity contribution in [1.82, 2.24) is 20.5 Å². The Morgan fingerprint density at radius 2 is 1.82 bits per heavy atom. The topological polar surface area (TPSA) is 153 Å². The Labute approximate surface area is 256 Å². The fraction of sp³-hybridized carbons (Fsp3) is 0.258. The number of urea groups is 1. The van der Waals surface area contributed by atoms with Crippen LogP contribution in [0.3, 0.4) is 0 Å². The van der Waals surface area contributed by atoms with E-state index < -0.39 is 18.0 Å². The van der Waals surface area contributed by atoms with Crippen LogP contribution in [0, 0.1) is 6.92 Å². The van der Waals surface area contributed by atoms with Crippen molar-refractivity contribution in [2.45, 2.75) is 38.3 Å². The zero-order valence-electron chi connectivity index (χ0n) is 24.0. The van der Waals surface area contributed by atoms with Crippen molar-refractivity contribution in [3.05, 3.63) is 71.2 Å². The summed E-state index contributed by atoms with van der Waals surface area (Å²) in [5.41, 5.74) is 2.49. The quantitative estimate of drug-likeness (QED) is 0.206. The Balaban J connectivity index is 1.23. The number of rotatable bonds is 8. The van der Waals surface area contributed by atoms with Crippen LogP contribution in [-0.2, 0) is 4.79 Å². The maximum atomic E-state index is 13.6. The Morgan fingerprint density at radius 1 is 1.07 bits per heavy atom. The van der Waals surface area contributed by atoms with Gasteiger partial charge in [-0.3, -0.25) is 14.5 Å². The molecule has 13 heteroatoms. The summed E-state index contributed by atoms with van der Waals surface area (Å²) >= 11 is 1.18. The summed E-state index contributed by atoms with van der Waals surface area (Å²) in [4.78, 5) is 58.5. The zero-order chi connectivity index (χ0) is 31.0. The molecule has 2 aromatic carbocycles. The number of nitrogens with one attached hydrogen (secondary N) is 3. The first-order chi connectivity index (χ1) is 21.2. The molecule has 5 amide bonds. The molecule has 2 aromatic heterocycles. The minimum Gasteiger partial charge on any atom is -0.465 e. The van der Waals surface area contributed by atoms with Crippen LogP contribution in [0.25, 0.3) is 10.2 Å². The van der Waals surface area contributed by atoms with Crippen LogP contribution in [0.2, 0.25) is 0 Å². The van der Waals surface area contributed by atoms with Crippen molar-refractivity contribution in [2.24, 2.45) is 0 Å². The van der Waals surface area contributed by atoms with E-state index in [1.165, 1.54) is 18.4 Å². The number of para-hydroxylation sites is 1. The molecule has 6 rings (SSSR count). The van der Waals surface area contributed by atoms with E-state index in [1.807, 2.05) is 49.4 Å². The number of ether oxygens (including phenoxy) is 1. The summed E-state index contributed by atoms with van der Waals surface area (Å²) in [5.74, 6) is 0.529. The Bertz CT molecular complexity index is 1780. The van der Waals surface area contributed by atoms with Crippen LogP contribution < -0.4 is 25.6 Å². The first-order valence-corrected chi connectivity index (χ1v) is 14.9. The van der Waals surface area contributed by atoms with Gasteiger partial charge in [0.2, 0.25) is 5.91 Å². The highest BCUT2D eigenvalue weighted by atomic mass is 32.1. The maximum absolute atomic E-state index is 13.6. The number of nitrogens with zero attached hydrogens (tertiary/aromatic N) is 3. The highest BCUT2D eigenvalue weighted by Crippen LogP contribution is 2.46. The molecule has 0 unspecified atom stereocenters. The Kier molecular flexibility index (Phi) is 7.78. The first kappa shape index (κ1) is 28.9. The fourth-order valence-corrected chi connectivity index (χ4v) is 6.65. The molecule has 4 aromatic rings. The standard InChI is InChI=1S/C31H30N6O6S/c1-17-15-19(43-18-7-4-3-5-8-18)11-12-22(17)37-23-13-14-32-29-25(23)26(35-30(37)40)27(44-29)28(39)34-21-10-6-9-20(21)33-24(38)16-36(2)31(41)42/h3-5,7-8,11-15,20-21H,6,9-10,16H2,1-2H3,(H,33,38)(H,34,39)(H,35,40)(H,41,42)/t20-,21-/m1/s1. The lowest BCUT2D eigenvalue weighted by Gasteiger charge is -2.29. The molecule has 3 heterocycles. The number of carboxylic acid groups (broad SMARTS) is 1. The smallest absolute Gasteiger partial charge is 0.407 e. The van der Waals surface area contributed by atoms with Crippen LogP contribution in [0.15, 0.2) is 60.8 Å². The lowest BCUT2D eigenvalue weighted by molar-refractivity contribution is -0.122. The second-order valence-corrected chi connectivity index (χ2v) is 11.8. The highest BCUT2D eigenvalue weighted by Gasteiger charge is 2.36. The van der Waals surface area contributed by atoms with Gasteiger partial charge in [0, 0.05) is 25.3 Å². The van der Waals surface area contributed by atoms with Gasteiger partial charge >= 0.3 is 12.1 Å². The second kappa shape index (κ2) is 11.8. The summed E-state index contributed by atoms with van der Waals surface area (Å²) in [6, 6.07) is 15.6. The molecule has 12 nitrogen and oxygen atoms in total. The SMILES string of the molecule is Cc1cc(Oc2ccccc2)ccc1N1C(=O)Nc2c(C(=O)N[C@@H]3CCC[C@H]3NC(=O)CN(C)C(=O)O)sc3nccc1c23. The fourth-order valence-electron chi connectivity index (χ4n) is 5.63.